The summed E-state index contributed by atoms with van der Waals surface area (Å²) in [5.74, 6) is 1.50. The van der Waals surface area contributed by atoms with Crippen LogP contribution in [0.5, 0.6) is 11.5 Å². The van der Waals surface area contributed by atoms with Gasteiger partial charge in [-0.05, 0) is 24.6 Å². The van der Waals surface area contributed by atoms with Gasteiger partial charge in [-0.15, -0.1) is 0 Å². The normalized spacial score (nSPS) is 10.1. The molecule has 0 atom stereocenters. The summed E-state index contributed by atoms with van der Waals surface area (Å²) in [5.41, 5.74) is 2.08. The van der Waals surface area contributed by atoms with Crippen LogP contribution in [0, 0.1) is 0 Å². The Balaban J connectivity index is 2.39. The Hall–Kier alpha value is -1.97. The highest BCUT2D eigenvalue weighted by atomic mass is 16.5. The average Bonchev–Trinajstić information content (AvgIpc) is 2.83. The molecule has 0 fully saturated rings. The molecule has 1 aromatic heterocycles. The van der Waals surface area contributed by atoms with Gasteiger partial charge in [0, 0.05) is 11.8 Å². The molecule has 2 aromatic rings. The van der Waals surface area contributed by atoms with Crippen LogP contribution in [0.1, 0.15) is 6.92 Å². The maximum absolute atomic E-state index is 5.51. The molecule has 84 valence electrons. The highest BCUT2D eigenvalue weighted by Crippen LogP contribution is 2.32. The zero-order valence-electron chi connectivity index (χ0n) is 9.36. The molecule has 0 saturated carbocycles. The van der Waals surface area contributed by atoms with Crippen LogP contribution in [0.15, 0.2) is 30.6 Å². The molecule has 16 heavy (non-hydrogen) atoms. The van der Waals surface area contributed by atoms with Crippen LogP contribution in [-0.2, 0) is 0 Å². The van der Waals surface area contributed by atoms with Gasteiger partial charge in [0.25, 0.3) is 0 Å². The minimum absolute atomic E-state index is 0.616. The van der Waals surface area contributed by atoms with Gasteiger partial charge in [-0.25, -0.2) is 0 Å². The summed E-state index contributed by atoms with van der Waals surface area (Å²) in [4.78, 5) is 0. The monoisotopic (exact) mass is 218 g/mol. The van der Waals surface area contributed by atoms with Gasteiger partial charge in [0.05, 0.1) is 19.9 Å². The van der Waals surface area contributed by atoms with Crippen molar-refractivity contribution in [1.82, 2.24) is 10.2 Å². The summed E-state index contributed by atoms with van der Waals surface area (Å²) < 4.78 is 10.7. The van der Waals surface area contributed by atoms with Crippen molar-refractivity contribution in [1.29, 1.82) is 0 Å². The third kappa shape index (κ3) is 2.00. The van der Waals surface area contributed by atoms with Gasteiger partial charge in [0.1, 0.15) is 0 Å². The zero-order chi connectivity index (χ0) is 11.4. The van der Waals surface area contributed by atoms with Crippen molar-refractivity contribution >= 4 is 0 Å². The van der Waals surface area contributed by atoms with Crippen molar-refractivity contribution in [2.45, 2.75) is 6.92 Å². The van der Waals surface area contributed by atoms with Crippen molar-refractivity contribution in [2.24, 2.45) is 0 Å². The van der Waals surface area contributed by atoms with Gasteiger partial charge in [0.2, 0.25) is 0 Å². The minimum atomic E-state index is 0.616. The molecule has 1 aromatic carbocycles. The summed E-state index contributed by atoms with van der Waals surface area (Å²) in [6.45, 7) is 2.56. The van der Waals surface area contributed by atoms with Gasteiger partial charge in [-0.1, -0.05) is 6.07 Å². The second kappa shape index (κ2) is 4.70. The van der Waals surface area contributed by atoms with Gasteiger partial charge in [0.15, 0.2) is 11.5 Å². The zero-order valence-corrected chi connectivity index (χ0v) is 9.36. The predicted octanol–water partition coefficient (Wildman–Crippen LogP) is 2.48. The number of hydrogen-bond acceptors (Lipinski definition) is 3. The highest BCUT2D eigenvalue weighted by Gasteiger charge is 2.06. The molecular weight excluding hydrogens is 204 g/mol. The average molecular weight is 218 g/mol. The first-order valence-corrected chi connectivity index (χ1v) is 5.15. The maximum Gasteiger partial charge on any atom is 0.161 e. The molecule has 0 aliphatic rings. The summed E-state index contributed by atoms with van der Waals surface area (Å²) in [7, 11) is 1.63. The number of aromatic nitrogens is 2. The first-order chi connectivity index (χ1) is 7.85. The van der Waals surface area contributed by atoms with Crippen LogP contribution < -0.4 is 9.47 Å². The standard InChI is InChI=1S/C12H14N2O2/c1-3-16-12-6-9(4-5-11(12)15-2)10-7-13-14-8-10/h4-8H,3H2,1-2H3,(H,13,14). The first-order valence-electron chi connectivity index (χ1n) is 5.15. The third-order valence-corrected chi connectivity index (χ3v) is 2.30. The van der Waals surface area contributed by atoms with Crippen LogP contribution in [-0.4, -0.2) is 23.9 Å². The first kappa shape index (κ1) is 10.5. The number of benzene rings is 1. The maximum atomic E-state index is 5.51. The molecule has 1 N–H and O–H groups in total. The summed E-state index contributed by atoms with van der Waals surface area (Å²) in [6.07, 6.45) is 3.62. The molecule has 4 heteroatoms. The molecule has 0 radical (unpaired) electrons. The summed E-state index contributed by atoms with van der Waals surface area (Å²) in [6, 6.07) is 5.83. The summed E-state index contributed by atoms with van der Waals surface area (Å²) >= 11 is 0. The Morgan fingerprint density at radius 3 is 2.75 bits per heavy atom. The van der Waals surface area contributed by atoms with Gasteiger partial charge in [-0.2, -0.15) is 5.10 Å². The van der Waals surface area contributed by atoms with E-state index in [1.54, 1.807) is 13.3 Å². The number of rotatable bonds is 4. The highest BCUT2D eigenvalue weighted by molar-refractivity contribution is 5.65. The lowest BCUT2D eigenvalue weighted by atomic mass is 10.1. The van der Waals surface area contributed by atoms with E-state index >= 15 is 0 Å². The van der Waals surface area contributed by atoms with Crippen molar-refractivity contribution in [3.8, 4) is 22.6 Å². The fraction of sp³-hybridized carbons (Fsp3) is 0.250. The van der Waals surface area contributed by atoms with E-state index in [1.807, 2.05) is 31.3 Å². The molecule has 4 nitrogen and oxygen atoms in total. The van der Waals surface area contributed by atoms with E-state index in [2.05, 4.69) is 10.2 Å². The quantitative estimate of drug-likeness (QED) is 0.857. The number of nitrogens with one attached hydrogen (secondary N) is 1. The molecule has 0 unspecified atom stereocenters. The molecule has 0 bridgehead atoms. The van der Waals surface area contributed by atoms with E-state index < -0.39 is 0 Å². The van der Waals surface area contributed by atoms with Crippen LogP contribution in [0.3, 0.4) is 0 Å². The number of ether oxygens (including phenoxy) is 2. The molecule has 0 saturated heterocycles. The lowest BCUT2D eigenvalue weighted by molar-refractivity contribution is 0.311. The lowest BCUT2D eigenvalue weighted by Crippen LogP contribution is -1.95. The Morgan fingerprint density at radius 2 is 2.12 bits per heavy atom. The number of aromatic amines is 1. The molecule has 0 aliphatic heterocycles. The van der Waals surface area contributed by atoms with Gasteiger partial charge < -0.3 is 9.47 Å². The Labute approximate surface area is 94.2 Å². The van der Waals surface area contributed by atoms with E-state index in [0.717, 1.165) is 22.6 Å². The van der Waals surface area contributed by atoms with Crippen molar-refractivity contribution in [3.05, 3.63) is 30.6 Å². The van der Waals surface area contributed by atoms with Gasteiger partial charge >= 0.3 is 0 Å². The van der Waals surface area contributed by atoms with Crippen LogP contribution >= 0.6 is 0 Å². The second-order valence-corrected chi connectivity index (χ2v) is 3.29. The van der Waals surface area contributed by atoms with Crippen LogP contribution in [0.2, 0.25) is 0 Å². The fourth-order valence-electron chi connectivity index (χ4n) is 1.53. The minimum Gasteiger partial charge on any atom is -0.493 e. The Morgan fingerprint density at radius 1 is 1.25 bits per heavy atom. The Bertz CT molecular complexity index is 452. The number of hydrogen-bond donors (Lipinski definition) is 1. The second-order valence-electron chi connectivity index (χ2n) is 3.29. The number of methoxy groups -OCH3 is 1. The van der Waals surface area contributed by atoms with E-state index in [-0.39, 0.29) is 0 Å². The van der Waals surface area contributed by atoms with Crippen molar-refractivity contribution in [2.75, 3.05) is 13.7 Å². The predicted molar refractivity (Wildman–Crippen MR) is 61.7 cm³/mol. The van der Waals surface area contributed by atoms with Crippen molar-refractivity contribution < 1.29 is 9.47 Å². The Kier molecular flexibility index (Phi) is 3.10. The van der Waals surface area contributed by atoms with E-state index in [9.17, 15) is 0 Å². The largest absolute Gasteiger partial charge is 0.493 e. The SMILES string of the molecule is CCOc1cc(-c2cn[nH]c2)ccc1OC. The fourth-order valence-corrected chi connectivity index (χ4v) is 1.53. The smallest absolute Gasteiger partial charge is 0.161 e. The molecule has 0 spiro atoms. The number of nitrogens with zero attached hydrogens (tertiary/aromatic N) is 1. The van der Waals surface area contributed by atoms with Crippen molar-refractivity contribution in [3.63, 3.8) is 0 Å². The van der Waals surface area contributed by atoms with Crippen LogP contribution in [0.4, 0.5) is 0 Å². The topological polar surface area (TPSA) is 47.1 Å². The summed E-state index contributed by atoms with van der Waals surface area (Å²) in [5, 5.41) is 6.71. The molecule has 1 heterocycles. The lowest BCUT2D eigenvalue weighted by Gasteiger charge is -2.10. The van der Waals surface area contributed by atoms with Crippen LogP contribution in [0.25, 0.3) is 11.1 Å². The molecule has 0 aliphatic carbocycles. The van der Waals surface area contributed by atoms with E-state index in [0.29, 0.717) is 6.61 Å². The van der Waals surface area contributed by atoms with E-state index in [4.69, 9.17) is 9.47 Å². The van der Waals surface area contributed by atoms with E-state index in [1.165, 1.54) is 0 Å². The molecule has 2 rings (SSSR count). The third-order valence-electron chi connectivity index (χ3n) is 2.30. The molecule has 0 amide bonds. The van der Waals surface area contributed by atoms with Gasteiger partial charge in [-0.3, -0.25) is 5.10 Å². The number of H-pyrrole nitrogens is 1. The molecular formula is C12H14N2O2.